The molecule has 1 aromatic heterocycles. The summed E-state index contributed by atoms with van der Waals surface area (Å²) in [5.41, 5.74) is -0.266. The molecule has 0 saturated carbocycles. The van der Waals surface area contributed by atoms with Gasteiger partial charge in [0.2, 0.25) is 11.7 Å². The molecule has 1 atom stereocenters. The van der Waals surface area contributed by atoms with Crippen molar-refractivity contribution in [3.63, 3.8) is 0 Å². The lowest BCUT2D eigenvalue weighted by Gasteiger charge is -2.23. The van der Waals surface area contributed by atoms with Crippen molar-refractivity contribution in [3.8, 4) is 23.0 Å². The Bertz CT molecular complexity index is 933. The van der Waals surface area contributed by atoms with Gasteiger partial charge in [0.25, 0.3) is 0 Å². The molecule has 1 amide bonds. The molecular formula is C21H27NO7. The SMILES string of the molecule is COc1ccc([C@@H](CC(=O)NC(C)C)c2c(O)cc(C)oc2=O)c(OC)c1OC. The van der Waals surface area contributed by atoms with Gasteiger partial charge in [-0.05, 0) is 26.8 Å². The number of amides is 1. The maximum Gasteiger partial charge on any atom is 0.343 e. The molecule has 0 fully saturated rings. The molecule has 0 aliphatic rings. The van der Waals surface area contributed by atoms with Crippen LogP contribution in [0.25, 0.3) is 0 Å². The Labute approximate surface area is 169 Å². The largest absolute Gasteiger partial charge is 0.507 e. The number of carbonyl (C=O) groups is 1. The zero-order valence-electron chi connectivity index (χ0n) is 17.5. The van der Waals surface area contributed by atoms with Crippen LogP contribution in [0.5, 0.6) is 23.0 Å². The second kappa shape index (κ2) is 9.36. The van der Waals surface area contributed by atoms with Crippen LogP contribution in [0.1, 0.15) is 43.1 Å². The van der Waals surface area contributed by atoms with E-state index in [4.69, 9.17) is 18.6 Å². The third-order valence-corrected chi connectivity index (χ3v) is 4.39. The quantitative estimate of drug-likeness (QED) is 0.695. The predicted molar refractivity (Wildman–Crippen MR) is 107 cm³/mol. The number of hydrogen-bond acceptors (Lipinski definition) is 7. The molecule has 0 radical (unpaired) electrons. The number of aryl methyl sites for hydroxylation is 1. The van der Waals surface area contributed by atoms with Gasteiger partial charge in [-0.1, -0.05) is 6.07 Å². The molecule has 0 aliphatic heterocycles. The molecule has 0 unspecified atom stereocenters. The smallest absolute Gasteiger partial charge is 0.343 e. The van der Waals surface area contributed by atoms with E-state index in [1.807, 2.05) is 13.8 Å². The summed E-state index contributed by atoms with van der Waals surface area (Å²) in [5.74, 6) is -0.0645. The van der Waals surface area contributed by atoms with Crippen LogP contribution < -0.4 is 25.2 Å². The van der Waals surface area contributed by atoms with Crippen molar-refractivity contribution in [2.24, 2.45) is 0 Å². The first kappa shape index (κ1) is 22.1. The van der Waals surface area contributed by atoms with Gasteiger partial charge in [-0.15, -0.1) is 0 Å². The molecule has 158 valence electrons. The maximum atomic E-state index is 12.6. The van der Waals surface area contributed by atoms with E-state index < -0.39 is 11.5 Å². The second-order valence-electron chi connectivity index (χ2n) is 6.85. The Kier molecular flexibility index (Phi) is 7.14. The highest BCUT2D eigenvalue weighted by atomic mass is 16.5. The fourth-order valence-corrected chi connectivity index (χ4v) is 3.26. The fourth-order valence-electron chi connectivity index (χ4n) is 3.26. The van der Waals surface area contributed by atoms with Crippen LogP contribution in [0.2, 0.25) is 0 Å². The van der Waals surface area contributed by atoms with Crippen LogP contribution in [-0.4, -0.2) is 38.4 Å². The highest BCUT2D eigenvalue weighted by Crippen LogP contribution is 2.45. The van der Waals surface area contributed by atoms with Crippen LogP contribution in [0, 0.1) is 6.92 Å². The van der Waals surface area contributed by atoms with Crippen molar-refractivity contribution in [2.45, 2.75) is 39.2 Å². The van der Waals surface area contributed by atoms with Crippen LogP contribution in [-0.2, 0) is 4.79 Å². The summed E-state index contributed by atoms with van der Waals surface area (Å²) in [6.45, 7) is 5.23. The lowest BCUT2D eigenvalue weighted by molar-refractivity contribution is -0.121. The van der Waals surface area contributed by atoms with Crippen LogP contribution in [0.4, 0.5) is 0 Å². The molecule has 8 heteroatoms. The fraction of sp³-hybridized carbons (Fsp3) is 0.429. The summed E-state index contributed by atoms with van der Waals surface area (Å²) in [5, 5.41) is 13.3. The van der Waals surface area contributed by atoms with E-state index in [1.165, 1.54) is 27.4 Å². The Morgan fingerprint density at radius 1 is 1.14 bits per heavy atom. The van der Waals surface area contributed by atoms with Gasteiger partial charge in [0, 0.05) is 30.0 Å². The third-order valence-electron chi connectivity index (χ3n) is 4.39. The summed E-state index contributed by atoms with van der Waals surface area (Å²) in [4.78, 5) is 25.2. The third kappa shape index (κ3) is 4.82. The van der Waals surface area contributed by atoms with E-state index in [9.17, 15) is 14.7 Å². The highest BCUT2D eigenvalue weighted by molar-refractivity contribution is 5.78. The molecule has 8 nitrogen and oxygen atoms in total. The van der Waals surface area contributed by atoms with Crippen molar-refractivity contribution < 1.29 is 28.5 Å². The van der Waals surface area contributed by atoms with Gasteiger partial charge in [-0.25, -0.2) is 4.79 Å². The average Bonchev–Trinajstić information content (AvgIpc) is 2.64. The van der Waals surface area contributed by atoms with Crippen LogP contribution in [0.3, 0.4) is 0 Å². The summed E-state index contributed by atoms with van der Waals surface area (Å²) in [7, 11) is 4.40. The number of carbonyl (C=O) groups excluding carboxylic acids is 1. The predicted octanol–water partition coefficient (Wildman–Crippen LogP) is 2.73. The molecule has 0 bridgehead atoms. The van der Waals surface area contributed by atoms with Crippen molar-refractivity contribution >= 4 is 5.91 Å². The number of methoxy groups -OCH3 is 3. The second-order valence-corrected chi connectivity index (χ2v) is 6.85. The number of benzene rings is 1. The Balaban J connectivity index is 2.72. The first-order valence-electron chi connectivity index (χ1n) is 9.15. The molecule has 0 spiro atoms. The minimum absolute atomic E-state index is 0.0278. The summed E-state index contributed by atoms with van der Waals surface area (Å²) in [6, 6.07) is 4.58. The zero-order chi connectivity index (χ0) is 21.7. The lowest BCUT2D eigenvalue weighted by Crippen LogP contribution is -2.32. The Morgan fingerprint density at radius 2 is 1.79 bits per heavy atom. The molecule has 29 heavy (non-hydrogen) atoms. The lowest BCUT2D eigenvalue weighted by atomic mass is 9.87. The number of nitrogens with one attached hydrogen (secondary N) is 1. The van der Waals surface area contributed by atoms with Crippen LogP contribution in [0.15, 0.2) is 27.4 Å². The normalized spacial score (nSPS) is 11.8. The number of hydrogen-bond donors (Lipinski definition) is 2. The van der Waals surface area contributed by atoms with Gasteiger partial charge in [-0.2, -0.15) is 0 Å². The van der Waals surface area contributed by atoms with Crippen molar-refractivity contribution in [1.82, 2.24) is 5.32 Å². The minimum atomic E-state index is -0.833. The molecular weight excluding hydrogens is 378 g/mol. The molecule has 2 rings (SSSR count). The molecule has 2 N–H and O–H groups in total. The Morgan fingerprint density at radius 3 is 2.31 bits per heavy atom. The number of rotatable bonds is 8. The highest BCUT2D eigenvalue weighted by Gasteiger charge is 2.30. The van der Waals surface area contributed by atoms with E-state index in [0.29, 0.717) is 22.8 Å². The molecule has 1 heterocycles. The summed E-state index contributed by atoms with van der Waals surface area (Å²) >= 11 is 0. The molecule has 0 aliphatic carbocycles. The van der Waals surface area contributed by atoms with E-state index in [2.05, 4.69) is 5.32 Å². The Hall–Kier alpha value is -3.16. The van der Waals surface area contributed by atoms with Gasteiger partial charge >= 0.3 is 5.63 Å². The van der Waals surface area contributed by atoms with Crippen molar-refractivity contribution in [2.75, 3.05) is 21.3 Å². The topological polar surface area (TPSA) is 107 Å². The van der Waals surface area contributed by atoms with Gasteiger partial charge < -0.3 is 29.1 Å². The number of ether oxygens (including phenoxy) is 3. The summed E-state index contributed by atoms with van der Waals surface area (Å²) < 4.78 is 21.4. The number of aromatic hydroxyl groups is 1. The zero-order valence-corrected chi connectivity index (χ0v) is 17.5. The average molecular weight is 405 g/mol. The molecule has 1 aromatic carbocycles. The first-order valence-corrected chi connectivity index (χ1v) is 9.15. The van der Waals surface area contributed by atoms with Crippen molar-refractivity contribution in [1.29, 1.82) is 0 Å². The minimum Gasteiger partial charge on any atom is -0.507 e. The standard InChI is InChI=1S/C21H27NO7/c1-11(2)22-17(24)10-14(18-15(23)9-12(3)29-21(18)25)13-7-8-16(26-4)20(28-6)19(13)27-5/h7-9,11,14,23H,10H2,1-6H3,(H,22,24)/t14-/m1/s1. The van der Waals surface area contributed by atoms with Gasteiger partial charge in [0.1, 0.15) is 11.5 Å². The van der Waals surface area contributed by atoms with Gasteiger partial charge in [0.15, 0.2) is 11.5 Å². The van der Waals surface area contributed by atoms with E-state index in [-0.39, 0.29) is 35.4 Å². The molecule has 2 aromatic rings. The van der Waals surface area contributed by atoms with E-state index in [1.54, 1.807) is 19.1 Å². The first-order chi connectivity index (χ1) is 13.7. The summed E-state index contributed by atoms with van der Waals surface area (Å²) in [6.07, 6.45) is -0.106. The van der Waals surface area contributed by atoms with E-state index >= 15 is 0 Å². The molecule has 0 saturated heterocycles. The van der Waals surface area contributed by atoms with Gasteiger partial charge in [0.05, 0.1) is 26.9 Å². The monoisotopic (exact) mass is 405 g/mol. The van der Waals surface area contributed by atoms with Gasteiger partial charge in [-0.3, -0.25) is 4.79 Å². The van der Waals surface area contributed by atoms with E-state index in [0.717, 1.165) is 0 Å². The maximum absolute atomic E-state index is 12.6. The van der Waals surface area contributed by atoms with Crippen LogP contribution >= 0.6 is 0 Å². The van der Waals surface area contributed by atoms with Crippen molar-refractivity contribution in [3.05, 3.63) is 45.5 Å².